The molecule has 1 amide bonds. The van der Waals surface area contributed by atoms with Gasteiger partial charge in [0, 0.05) is 22.1 Å². The highest BCUT2D eigenvalue weighted by Gasteiger charge is 2.16. The number of halogens is 2. The van der Waals surface area contributed by atoms with Crippen molar-refractivity contribution in [2.24, 2.45) is 5.10 Å². The highest BCUT2D eigenvalue weighted by molar-refractivity contribution is 9.10. The number of nitrogens with one attached hydrogen (secondary N) is 1. The molecule has 1 aromatic heterocycles. The predicted octanol–water partition coefficient (Wildman–Crippen LogP) is 5.17. The van der Waals surface area contributed by atoms with Crippen molar-refractivity contribution in [1.82, 2.24) is 9.66 Å². The number of anilines is 1. The fourth-order valence-electron chi connectivity index (χ4n) is 3.81. The summed E-state index contributed by atoms with van der Waals surface area (Å²) in [5.74, 6) is 0.500. The topological polar surface area (TPSA) is 104 Å². The molecule has 0 saturated heterocycles. The van der Waals surface area contributed by atoms with E-state index in [2.05, 4.69) is 31.3 Å². The van der Waals surface area contributed by atoms with Crippen LogP contribution in [0.15, 0.2) is 69.0 Å². The van der Waals surface area contributed by atoms with E-state index in [1.165, 1.54) is 49.4 Å². The van der Waals surface area contributed by atoms with Crippen LogP contribution in [0.1, 0.15) is 24.7 Å². The molecular formula is C28H26BrFN4O5. The lowest BCUT2D eigenvalue weighted by Gasteiger charge is -2.15. The number of aromatic nitrogens is 2. The van der Waals surface area contributed by atoms with Gasteiger partial charge in [0.25, 0.3) is 11.5 Å². The number of aryl methyl sites for hydroxylation is 1. The van der Waals surface area contributed by atoms with Crippen LogP contribution in [0.2, 0.25) is 0 Å². The van der Waals surface area contributed by atoms with Crippen LogP contribution in [-0.4, -0.2) is 42.6 Å². The first-order chi connectivity index (χ1) is 18.8. The van der Waals surface area contributed by atoms with Gasteiger partial charge in [0.15, 0.2) is 18.1 Å². The minimum atomic E-state index is -0.449. The second kappa shape index (κ2) is 12.5. The Morgan fingerprint density at radius 1 is 1.10 bits per heavy atom. The maximum absolute atomic E-state index is 13.3. The van der Waals surface area contributed by atoms with Crippen LogP contribution in [-0.2, 0) is 11.2 Å². The Kier molecular flexibility index (Phi) is 8.92. The monoisotopic (exact) mass is 596 g/mol. The van der Waals surface area contributed by atoms with Gasteiger partial charge in [-0.25, -0.2) is 9.37 Å². The lowest BCUT2D eigenvalue weighted by Crippen LogP contribution is -2.22. The van der Waals surface area contributed by atoms with Crippen molar-refractivity contribution in [1.29, 1.82) is 0 Å². The maximum Gasteiger partial charge on any atom is 0.282 e. The minimum Gasteiger partial charge on any atom is -0.493 e. The molecule has 1 N–H and O–H groups in total. The molecule has 4 rings (SSSR count). The zero-order valence-electron chi connectivity index (χ0n) is 21.5. The van der Waals surface area contributed by atoms with E-state index in [4.69, 9.17) is 14.2 Å². The Balaban J connectivity index is 1.60. The molecule has 4 aromatic rings. The van der Waals surface area contributed by atoms with Crippen LogP contribution >= 0.6 is 15.9 Å². The van der Waals surface area contributed by atoms with E-state index in [-0.39, 0.29) is 17.9 Å². The molecule has 9 nitrogen and oxygen atoms in total. The highest BCUT2D eigenvalue weighted by Crippen LogP contribution is 2.38. The number of rotatable bonds is 10. The van der Waals surface area contributed by atoms with Gasteiger partial charge in [-0.2, -0.15) is 9.78 Å². The van der Waals surface area contributed by atoms with Crippen LogP contribution in [0.25, 0.3) is 10.9 Å². The first kappa shape index (κ1) is 27.8. The van der Waals surface area contributed by atoms with E-state index in [1.54, 1.807) is 24.3 Å². The SMILES string of the molecule is CCCc1nc2ccc(Br)cc2c(=O)n1N=Cc1cc(OC)c(OCC(=O)Nc2ccc(F)cc2)c(OC)c1. The fourth-order valence-corrected chi connectivity index (χ4v) is 4.17. The second-order valence-electron chi connectivity index (χ2n) is 8.40. The van der Waals surface area contributed by atoms with E-state index in [1.807, 2.05) is 13.0 Å². The van der Waals surface area contributed by atoms with Crippen molar-refractivity contribution in [3.8, 4) is 17.2 Å². The smallest absolute Gasteiger partial charge is 0.282 e. The summed E-state index contributed by atoms with van der Waals surface area (Å²) in [4.78, 5) is 30.2. The molecule has 39 heavy (non-hydrogen) atoms. The number of fused-ring (bicyclic) bond motifs is 1. The highest BCUT2D eigenvalue weighted by atomic mass is 79.9. The molecule has 11 heteroatoms. The van der Waals surface area contributed by atoms with Gasteiger partial charge in [-0.05, 0) is 61.0 Å². The molecule has 0 aliphatic carbocycles. The fraction of sp³-hybridized carbons (Fsp3) is 0.214. The van der Waals surface area contributed by atoms with Gasteiger partial charge in [-0.3, -0.25) is 9.59 Å². The first-order valence-corrected chi connectivity index (χ1v) is 12.8. The van der Waals surface area contributed by atoms with Gasteiger partial charge in [-0.1, -0.05) is 22.9 Å². The molecule has 0 unspecified atom stereocenters. The summed E-state index contributed by atoms with van der Waals surface area (Å²) in [7, 11) is 2.91. The zero-order chi connectivity index (χ0) is 27.9. The summed E-state index contributed by atoms with van der Waals surface area (Å²) in [6.45, 7) is 1.66. The number of carbonyl (C=O) groups is 1. The lowest BCUT2D eigenvalue weighted by molar-refractivity contribution is -0.118. The normalized spacial score (nSPS) is 11.1. The van der Waals surface area contributed by atoms with Gasteiger partial charge in [0.2, 0.25) is 5.75 Å². The molecule has 202 valence electrons. The number of amides is 1. The van der Waals surface area contributed by atoms with E-state index in [0.29, 0.717) is 45.9 Å². The molecular weight excluding hydrogens is 571 g/mol. The van der Waals surface area contributed by atoms with Crippen molar-refractivity contribution < 1.29 is 23.4 Å². The summed E-state index contributed by atoms with van der Waals surface area (Å²) in [6, 6.07) is 14.0. The van der Waals surface area contributed by atoms with Crippen LogP contribution in [0.5, 0.6) is 17.2 Å². The minimum absolute atomic E-state index is 0.215. The Bertz CT molecular complexity index is 1560. The predicted molar refractivity (Wildman–Crippen MR) is 151 cm³/mol. The van der Waals surface area contributed by atoms with Crippen molar-refractivity contribution in [3.63, 3.8) is 0 Å². The molecule has 0 aliphatic rings. The summed E-state index contributed by atoms with van der Waals surface area (Å²) < 4.78 is 31.8. The maximum atomic E-state index is 13.3. The van der Waals surface area contributed by atoms with E-state index < -0.39 is 11.7 Å². The summed E-state index contributed by atoms with van der Waals surface area (Å²) in [5, 5.41) is 7.51. The molecule has 3 aromatic carbocycles. The third-order valence-corrected chi connectivity index (χ3v) is 6.12. The molecule has 0 spiro atoms. The second-order valence-corrected chi connectivity index (χ2v) is 9.31. The van der Waals surface area contributed by atoms with Crippen molar-refractivity contribution in [2.75, 3.05) is 26.1 Å². The van der Waals surface area contributed by atoms with Gasteiger partial charge in [0.05, 0.1) is 31.3 Å². The first-order valence-electron chi connectivity index (χ1n) is 12.0. The standard InChI is InChI=1S/C28H26BrFN4O5/c1-4-5-25-33-22-11-6-18(29)14-21(22)28(36)34(25)31-15-17-12-23(37-2)27(24(13-17)38-3)39-16-26(35)32-20-9-7-19(30)8-10-20/h6-15H,4-5,16H2,1-3H3,(H,32,35). The largest absolute Gasteiger partial charge is 0.493 e. The van der Waals surface area contributed by atoms with Crippen LogP contribution in [0.4, 0.5) is 10.1 Å². The summed E-state index contributed by atoms with van der Waals surface area (Å²) in [6.07, 6.45) is 2.85. The average Bonchev–Trinajstić information content (AvgIpc) is 2.93. The average molecular weight is 597 g/mol. The van der Waals surface area contributed by atoms with E-state index >= 15 is 0 Å². The number of hydrogen-bond acceptors (Lipinski definition) is 7. The number of hydrogen-bond donors (Lipinski definition) is 1. The van der Waals surface area contributed by atoms with Crippen LogP contribution in [0, 0.1) is 5.82 Å². The Morgan fingerprint density at radius 2 is 1.79 bits per heavy atom. The number of methoxy groups -OCH3 is 2. The molecule has 1 heterocycles. The van der Waals surface area contributed by atoms with Crippen LogP contribution in [0.3, 0.4) is 0 Å². The molecule has 0 radical (unpaired) electrons. The van der Waals surface area contributed by atoms with E-state index in [0.717, 1.165) is 10.9 Å². The molecule has 0 saturated carbocycles. The van der Waals surface area contributed by atoms with E-state index in [9.17, 15) is 14.0 Å². The Morgan fingerprint density at radius 3 is 2.44 bits per heavy atom. The molecule has 0 fully saturated rings. The van der Waals surface area contributed by atoms with Crippen molar-refractivity contribution in [2.45, 2.75) is 19.8 Å². The molecule has 0 atom stereocenters. The summed E-state index contributed by atoms with van der Waals surface area (Å²) >= 11 is 3.40. The molecule has 0 bridgehead atoms. The van der Waals surface area contributed by atoms with Gasteiger partial charge >= 0.3 is 0 Å². The third-order valence-electron chi connectivity index (χ3n) is 5.63. The van der Waals surface area contributed by atoms with Crippen molar-refractivity contribution in [3.05, 3.63) is 86.6 Å². The number of carbonyl (C=O) groups excluding carboxylic acids is 1. The zero-order valence-corrected chi connectivity index (χ0v) is 23.1. The quantitative estimate of drug-likeness (QED) is 0.253. The Hall–Kier alpha value is -4.25. The molecule has 0 aliphatic heterocycles. The van der Waals surface area contributed by atoms with Crippen LogP contribution < -0.4 is 25.1 Å². The number of benzene rings is 3. The van der Waals surface area contributed by atoms with Crippen molar-refractivity contribution >= 4 is 44.6 Å². The van der Waals surface area contributed by atoms with Gasteiger partial charge < -0.3 is 19.5 Å². The Labute approximate surface area is 232 Å². The number of nitrogens with zero attached hydrogens (tertiary/aromatic N) is 3. The summed E-state index contributed by atoms with van der Waals surface area (Å²) in [5.41, 5.74) is 1.32. The third kappa shape index (κ3) is 6.61. The van der Waals surface area contributed by atoms with Gasteiger partial charge in [0.1, 0.15) is 11.6 Å². The van der Waals surface area contributed by atoms with Gasteiger partial charge in [-0.15, -0.1) is 0 Å². The lowest BCUT2D eigenvalue weighted by atomic mass is 10.2. The number of ether oxygens (including phenoxy) is 3.